The van der Waals surface area contributed by atoms with Crippen LogP contribution in [0.4, 0.5) is 0 Å². The number of nitrogens with zero attached hydrogens (tertiary/aromatic N) is 2. The minimum absolute atomic E-state index is 0.00725. The monoisotopic (exact) mass is 1290 g/mol. The van der Waals surface area contributed by atoms with E-state index in [9.17, 15) is 72.2 Å². The van der Waals surface area contributed by atoms with Crippen molar-refractivity contribution in [3.05, 3.63) is 65.7 Å². The summed E-state index contributed by atoms with van der Waals surface area (Å²) in [6.45, 7) is -1.28. The van der Waals surface area contributed by atoms with Crippen LogP contribution in [0, 0.1) is 0 Å². The van der Waals surface area contributed by atoms with Gasteiger partial charge in [0.05, 0.1) is 26.1 Å². The number of aliphatic carboxylic acids is 1. The standard InChI is InChI=1S/C52H74N16O15S2.C2H4O2/c53-17-5-4-9-37(45(58)76)68(25-41(57)72)52(83)38-10-6-18-67(38)51(82)36-27-85-84-26-35(61-44(75)24-60-43(74)23-59-42(73)22-54)50(81)64-33(20-29-11-13-30(69)14-12-29)48(79)63-32(19-28-7-2-1-3-8-28)47(78)62-31(15-16-39(55)70)46(77)65-34(21-40(56)71)49(80)66-36;1-2(3)4/h1-3,7-8,11-14,31-38,69H,4-6,9-10,15-27,53-54H2,(H2,55,70)(H2,56,71)(H2,57,72)(H2,58,76)(H,59,73)(H,60,74)(H,61,75)(H,62,78)(H,63,79)(H,64,81)(H,65,77)(H,66,80);1H3,(H,3,4). The molecular weight excluding hydrogens is 1210 g/mol. The summed E-state index contributed by atoms with van der Waals surface area (Å²) in [4.78, 5) is 201. The zero-order valence-electron chi connectivity index (χ0n) is 48.7. The summed E-state index contributed by atoms with van der Waals surface area (Å²) >= 11 is 0. The molecule has 33 nitrogen and oxygen atoms in total. The Balaban J connectivity index is 0.00000501. The molecule has 0 radical (unpaired) electrons. The molecule has 0 aromatic heterocycles. The second-order valence-corrected chi connectivity index (χ2v) is 22.9. The van der Waals surface area contributed by atoms with Gasteiger partial charge in [0.15, 0.2) is 0 Å². The largest absolute Gasteiger partial charge is 0.508 e. The topological polar surface area (TPSA) is 555 Å². The third-order valence-corrected chi connectivity index (χ3v) is 15.7. The number of primary amides is 4. The van der Waals surface area contributed by atoms with Gasteiger partial charge >= 0.3 is 0 Å². The van der Waals surface area contributed by atoms with Crippen LogP contribution in [0.5, 0.6) is 5.75 Å². The van der Waals surface area contributed by atoms with E-state index in [1.165, 1.54) is 24.3 Å². The SMILES string of the molecule is CC(=O)O.NCCCCC(C(N)=O)N(CC(N)=O)C(=O)C1CCCN1C(=O)C1CSSCC(NC(=O)CNC(=O)CNC(=O)CN)C(=O)NC(Cc2ccc(O)cc2)C(=O)NC(Cc2ccccc2)C(=O)NC(CCC(N)=O)C(=O)NC(CC(N)=O)C(=O)N1. The van der Waals surface area contributed by atoms with Gasteiger partial charge in [-0.2, -0.15) is 0 Å². The molecule has 0 saturated carbocycles. The second kappa shape index (κ2) is 38.2. The van der Waals surface area contributed by atoms with Crippen molar-refractivity contribution in [2.24, 2.45) is 34.4 Å². The fraction of sp³-hybridized carbons (Fsp3) is 0.500. The molecule has 2 saturated heterocycles. The maximum absolute atomic E-state index is 14.9. The third kappa shape index (κ3) is 26.8. The number of nitrogens with two attached hydrogens (primary N) is 6. The number of hydrogen-bond donors (Lipinski definition) is 16. The highest BCUT2D eigenvalue weighted by molar-refractivity contribution is 8.76. The Morgan fingerprint density at radius 3 is 1.78 bits per heavy atom. The molecule has 0 spiro atoms. The Hall–Kier alpha value is -9.09. The number of nitrogens with one attached hydrogen (secondary N) is 8. The molecule has 2 aromatic carbocycles. The van der Waals surface area contributed by atoms with Crippen molar-refractivity contribution >= 4 is 110 Å². The Bertz CT molecular complexity index is 2850. The zero-order valence-corrected chi connectivity index (χ0v) is 50.4. The van der Waals surface area contributed by atoms with Gasteiger partial charge < -0.3 is 96.9 Å². The van der Waals surface area contributed by atoms with Crippen LogP contribution in [0.15, 0.2) is 54.6 Å². The smallest absolute Gasteiger partial charge is 0.300 e. The van der Waals surface area contributed by atoms with Crippen LogP contribution in [0.25, 0.3) is 0 Å². The zero-order chi connectivity index (χ0) is 66.3. The number of likely N-dealkylation sites (tertiary alicyclic amines) is 1. The van der Waals surface area contributed by atoms with Crippen LogP contribution in [-0.2, 0) is 84.8 Å². The van der Waals surface area contributed by atoms with E-state index in [0.29, 0.717) is 24.0 Å². The molecule has 2 heterocycles. The predicted octanol–water partition coefficient (Wildman–Crippen LogP) is -6.81. The Labute approximate surface area is 518 Å². The Morgan fingerprint density at radius 2 is 1.20 bits per heavy atom. The van der Waals surface area contributed by atoms with Gasteiger partial charge in [0.1, 0.15) is 60.6 Å². The van der Waals surface area contributed by atoms with E-state index < -0.39 is 188 Å². The summed E-state index contributed by atoms with van der Waals surface area (Å²) in [6.07, 6.45) is -1.55. The molecule has 35 heteroatoms. The van der Waals surface area contributed by atoms with Gasteiger partial charge in [0.25, 0.3) is 5.97 Å². The third-order valence-electron chi connectivity index (χ3n) is 13.2. The van der Waals surface area contributed by atoms with E-state index in [2.05, 4.69) is 42.5 Å². The number of carboxylic acid groups (broad SMARTS) is 1. The van der Waals surface area contributed by atoms with E-state index in [1.54, 1.807) is 30.3 Å². The minimum atomic E-state index is -1.90. The highest BCUT2D eigenvalue weighted by atomic mass is 33.1. The molecule has 2 fully saturated rings. The van der Waals surface area contributed by atoms with Crippen LogP contribution in [0.1, 0.15) is 69.4 Å². The highest BCUT2D eigenvalue weighted by Crippen LogP contribution is 2.27. The van der Waals surface area contributed by atoms with Crippen LogP contribution in [-0.4, -0.2) is 208 Å². The minimum Gasteiger partial charge on any atom is -0.508 e. The number of carboxylic acids is 1. The van der Waals surface area contributed by atoms with Gasteiger partial charge in [-0.05, 0) is 68.3 Å². The van der Waals surface area contributed by atoms with Gasteiger partial charge in [-0.25, -0.2) is 0 Å². The maximum Gasteiger partial charge on any atom is 0.300 e. The molecule has 89 heavy (non-hydrogen) atoms. The van der Waals surface area contributed by atoms with Gasteiger partial charge in [-0.1, -0.05) is 64.1 Å². The average Bonchev–Trinajstić information content (AvgIpc) is 3.03. The first-order chi connectivity index (χ1) is 42.1. The summed E-state index contributed by atoms with van der Waals surface area (Å²) in [6, 6.07) is 1.01. The van der Waals surface area contributed by atoms with E-state index in [-0.39, 0.29) is 56.7 Å². The first kappa shape index (κ1) is 74.2. The second-order valence-electron chi connectivity index (χ2n) is 20.3. The van der Waals surface area contributed by atoms with Gasteiger partial charge in [0.2, 0.25) is 82.7 Å². The number of amides is 14. The van der Waals surface area contributed by atoms with Crippen molar-refractivity contribution in [3.63, 3.8) is 0 Å². The normalized spacial score (nSPS) is 20.6. The molecule has 4 rings (SSSR count). The van der Waals surface area contributed by atoms with Crippen molar-refractivity contribution < 1.29 is 82.1 Å². The van der Waals surface area contributed by atoms with Crippen LogP contribution in [0.2, 0.25) is 0 Å². The average molecular weight is 1290 g/mol. The molecule has 8 atom stereocenters. The number of benzene rings is 2. The highest BCUT2D eigenvalue weighted by Gasteiger charge is 2.43. The van der Waals surface area contributed by atoms with E-state index in [4.69, 9.17) is 44.3 Å². The summed E-state index contributed by atoms with van der Waals surface area (Å²) < 4.78 is 0. The number of aromatic hydroxyl groups is 1. The van der Waals surface area contributed by atoms with E-state index >= 15 is 0 Å². The van der Waals surface area contributed by atoms with Crippen LogP contribution in [0.3, 0.4) is 0 Å². The molecule has 488 valence electrons. The first-order valence-electron chi connectivity index (χ1n) is 27.9. The number of phenolic OH excluding ortho intramolecular Hbond substituents is 1. The molecule has 0 bridgehead atoms. The van der Waals surface area contributed by atoms with Crippen LogP contribution >= 0.6 is 21.6 Å². The van der Waals surface area contributed by atoms with E-state index in [0.717, 1.165) is 38.3 Å². The number of carbonyl (C=O) groups is 15. The predicted molar refractivity (Wildman–Crippen MR) is 321 cm³/mol. The Morgan fingerprint density at radius 1 is 0.663 bits per heavy atom. The number of carbonyl (C=O) groups excluding carboxylic acids is 14. The summed E-state index contributed by atoms with van der Waals surface area (Å²) in [7, 11) is 1.69. The lowest BCUT2D eigenvalue weighted by Crippen LogP contribution is -2.61. The summed E-state index contributed by atoms with van der Waals surface area (Å²) in [5.41, 5.74) is 34.1. The van der Waals surface area contributed by atoms with Crippen molar-refractivity contribution in [1.29, 1.82) is 0 Å². The first-order valence-corrected chi connectivity index (χ1v) is 30.4. The van der Waals surface area contributed by atoms with Crippen molar-refractivity contribution in [1.82, 2.24) is 52.3 Å². The molecule has 14 amide bonds. The quantitative estimate of drug-likeness (QED) is 0.0324. The fourth-order valence-electron chi connectivity index (χ4n) is 8.91. The lowest BCUT2D eigenvalue weighted by atomic mass is 10.0. The molecule has 2 aromatic rings. The molecule has 22 N–H and O–H groups in total. The van der Waals surface area contributed by atoms with Crippen molar-refractivity contribution in [3.8, 4) is 5.75 Å². The maximum atomic E-state index is 14.9. The van der Waals surface area contributed by atoms with Gasteiger partial charge in [-0.15, -0.1) is 0 Å². The van der Waals surface area contributed by atoms with E-state index in [1.807, 2.05) is 0 Å². The number of rotatable bonds is 25. The van der Waals surface area contributed by atoms with Crippen molar-refractivity contribution in [2.75, 3.05) is 50.8 Å². The molecular formula is C54H78N16O17S2. The van der Waals surface area contributed by atoms with Gasteiger partial charge in [0, 0.05) is 44.2 Å². The number of phenols is 1. The lowest BCUT2D eigenvalue weighted by Gasteiger charge is -2.35. The summed E-state index contributed by atoms with van der Waals surface area (Å²) in [5.74, 6) is -15.4. The lowest BCUT2D eigenvalue weighted by molar-refractivity contribution is -0.150. The molecule has 0 aliphatic carbocycles. The molecule has 2 aliphatic rings. The Kier molecular flexibility index (Phi) is 31.9. The fourth-order valence-corrected chi connectivity index (χ4v) is 11.2. The summed E-state index contributed by atoms with van der Waals surface area (Å²) in [5, 5.41) is 37.1. The molecule has 2 aliphatic heterocycles. The number of hydrogen-bond acceptors (Lipinski definition) is 20. The van der Waals surface area contributed by atoms with Crippen LogP contribution < -0.4 is 76.9 Å². The van der Waals surface area contributed by atoms with Crippen molar-refractivity contribution in [2.45, 2.75) is 119 Å². The number of unbranched alkanes of at least 4 members (excludes halogenated alkanes) is 1. The molecule has 8 unspecified atom stereocenters. The van der Waals surface area contributed by atoms with Gasteiger partial charge in [-0.3, -0.25) is 71.9 Å².